The lowest BCUT2D eigenvalue weighted by Crippen LogP contribution is -2.49. The molecule has 0 bridgehead atoms. The Balaban J connectivity index is 1.72. The SMILES string of the molecule is CC(C)(C)OC(=O)NC1CCC(C2=CC(F)CN(C(N)=O)C2=NCc2ccc(F)cc2)CC1. The number of halogens is 2. The van der Waals surface area contributed by atoms with Gasteiger partial charge < -0.3 is 15.8 Å². The number of amidine groups is 1. The van der Waals surface area contributed by atoms with E-state index in [2.05, 4.69) is 10.3 Å². The van der Waals surface area contributed by atoms with Gasteiger partial charge in [-0.25, -0.2) is 18.4 Å². The van der Waals surface area contributed by atoms with Crippen molar-refractivity contribution in [1.29, 1.82) is 0 Å². The third-order valence-corrected chi connectivity index (χ3v) is 5.71. The zero-order valence-corrected chi connectivity index (χ0v) is 19.3. The van der Waals surface area contributed by atoms with E-state index in [1.165, 1.54) is 23.1 Å². The fourth-order valence-corrected chi connectivity index (χ4v) is 4.21. The monoisotopic (exact) mass is 462 g/mol. The fourth-order valence-electron chi connectivity index (χ4n) is 4.21. The van der Waals surface area contributed by atoms with Gasteiger partial charge in [0.05, 0.1) is 13.1 Å². The molecule has 33 heavy (non-hydrogen) atoms. The van der Waals surface area contributed by atoms with Crippen molar-refractivity contribution in [1.82, 2.24) is 10.2 Å². The predicted molar refractivity (Wildman–Crippen MR) is 122 cm³/mol. The number of alkyl halides is 1. The number of nitrogens with one attached hydrogen (secondary N) is 1. The van der Waals surface area contributed by atoms with Crippen molar-refractivity contribution in [2.75, 3.05) is 6.54 Å². The Kier molecular flexibility index (Phi) is 7.71. The lowest BCUT2D eigenvalue weighted by Gasteiger charge is -2.36. The first kappa shape index (κ1) is 24.7. The molecule has 0 saturated heterocycles. The summed E-state index contributed by atoms with van der Waals surface area (Å²) in [6.07, 6.45) is 2.51. The second kappa shape index (κ2) is 10.3. The molecular weight excluding hydrogens is 430 g/mol. The average molecular weight is 463 g/mol. The highest BCUT2D eigenvalue weighted by Gasteiger charge is 2.35. The summed E-state index contributed by atoms with van der Waals surface area (Å²) in [5.74, 6) is -0.00114. The molecule has 1 fully saturated rings. The fraction of sp³-hybridized carbons (Fsp3) is 0.542. The molecule has 1 aliphatic heterocycles. The normalized spacial score (nSPS) is 24.9. The summed E-state index contributed by atoms with van der Waals surface area (Å²) >= 11 is 0. The number of rotatable bonds is 4. The summed E-state index contributed by atoms with van der Waals surface area (Å²) < 4.78 is 33.0. The average Bonchev–Trinajstić information content (AvgIpc) is 2.72. The van der Waals surface area contributed by atoms with Gasteiger partial charge in [-0.1, -0.05) is 12.1 Å². The molecule has 1 aromatic rings. The number of amides is 3. The van der Waals surface area contributed by atoms with Gasteiger partial charge in [0.25, 0.3) is 0 Å². The Hall–Kier alpha value is -2.97. The number of hydrogen-bond donors (Lipinski definition) is 2. The van der Waals surface area contributed by atoms with Gasteiger partial charge in [0.15, 0.2) is 0 Å². The van der Waals surface area contributed by atoms with Gasteiger partial charge in [-0.05, 0) is 81.7 Å². The first-order chi connectivity index (χ1) is 15.5. The van der Waals surface area contributed by atoms with Crippen LogP contribution in [0.15, 0.2) is 40.9 Å². The van der Waals surface area contributed by atoms with Crippen LogP contribution in [-0.4, -0.2) is 47.2 Å². The van der Waals surface area contributed by atoms with Crippen LogP contribution in [0, 0.1) is 11.7 Å². The highest BCUT2D eigenvalue weighted by Crippen LogP contribution is 2.34. The lowest BCUT2D eigenvalue weighted by atomic mass is 9.79. The van der Waals surface area contributed by atoms with E-state index in [9.17, 15) is 18.4 Å². The summed E-state index contributed by atoms with van der Waals surface area (Å²) in [6.45, 7) is 5.46. The molecule has 0 aromatic heterocycles. The molecule has 0 radical (unpaired) electrons. The van der Waals surface area contributed by atoms with E-state index < -0.39 is 23.9 Å². The summed E-state index contributed by atoms with van der Waals surface area (Å²) in [6, 6.07) is 5.12. The van der Waals surface area contributed by atoms with E-state index in [4.69, 9.17) is 10.5 Å². The maximum atomic E-state index is 14.5. The van der Waals surface area contributed by atoms with Crippen LogP contribution in [0.1, 0.15) is 52.0 Å². The molecule has 1 saturated carbocycles. The topological polar surface area (TPSA) is 97.0 Å². The molecule has 9 heteroatoms. The number of benzene rings is 1. The van der Waals surface area contributed by atoms with Gasteiger partial charge in [0.1, 0.15) is 23.4 Å². The van der Waals surface area contributed by atoms with Crippen molar-refractivity contribution in [2.24, 2.45) is 16.6 Å². The van der Waals surface area contributed by atoms with E-state index in [1.54, 1.807) is 12.1 Å². The number of aliphatic imine (C=N–C) groups is 1. The molecule has 3 N–H and O–H groups in total. The summed E-state index contributed by atoms with van der Waals surface area (Å²) in [5, 5.41) is 2.90. The number of primary amides is 1. The number of alkyl carbamates (subject to hydrolysis) is 1. The molecule has 1 unspecified atom stereocenters. The molecule has 180 valence electrons. The molecule has 1 aromatic carbocycles. The van der Waals surface area contributed by atoms with Crippen LogP contribution in [0.3, 0.4) is 0 Å². The van der Waals surface area contributed by atoms with Crippen LogP contribution in [0.2, 0.25) is 0 Å². The number of nitrogens with zero attached hydrogens (tertiary/aromatic N) is 2. The zero-order chi connectivity index (χ0) is 24.2. The minimum absolute atomic E-state index is 0.0194. The predicted octanol–water partition coefficient (Wildman–Crippen LogP) is 4.47. The molecule has 1 atom stereocenters. The third kappa shape index (κ3) is 7.00. The number of carbonyl (C=O) groups excluding carboxylic acids is 2. The second-order valence-electron chi connectivity index (χ2n) is 9.55. The van der Waals surface area contributed by atoms with Crippen LogP contribution in [0.25, 0.3) is 0 Å². The number of urea groups is 1. The van der Waals surface area contributed by atoms with Gasteiger partial charge >= 0.3 is 12.1 Å². The van der Waals surface area contributed by atoms with Gasteiger partial charge in [-0.2, -0.15) is 0 Å². The Morgan fingerprint density at radius 3 is 2.39 bits per heavy atom. The van der Waals surface area contributed by atoms with E-state index in [0.717, 1.165) is 5.56 Å². The molecule has 1 heterocycles. The van der Waals surface area contributed by atoms with Gasteiger partial charge in [-0.3, -0.25) is 9.89 Å². The van der Waals surface area contributed by atoms with E-state index in [0.29, 0.717) is 37.1 Å². The summed E-state index contributed by atoms with van der Waals surface area (Å²) in [5.41, 5.74) is 6.38. The van der Waals surface area contributed by atoms with Crippen LogP contribution in [0.4, 0.5) is 18.4 Å². The molecule has 3 rings (SSSR count). The van der Waals surface area contributed by atoms with Crippen LogP contribution >= 0.6 is 0 Å². The first-order valence-electron chi connectivity index (χ1n) is 11.2. The summed E-state index contributed by atoms with van der Waals surface area (Å²) in [4.78, 5) is 29.9. The number of ether oxygens (including phenoxy) is 1. The maximum absolute atomic E-state index is 14.5. The highest BCUT2D eigenvalue weighted by atomic mass is 19.1. The Morgan fingerprint density at radius 1 is 1.18 bits per heavy atom. The van der Waals surface area contributed by atoms with Crippen molar-refractivity contribution in [3.63, 3.8) is 0 Å². The Bertz CT molecular complexity index is 917. The smallest absolute Gasteiger partial charge is 0.407 e. The van der Waals surface area contributed by atoms with Crippen molar-refractivity contribution >= 4 is 18.0 Å². The maximum Gasteiger partial charge on any atom is 0.407 e. The molecule has 3 amide bonds. The summed E-state index contributed by atoms with van der Waals surface area (Å²) in [7, 11) is 0. The number of carbonyl (C=O) groups is 2. The van der Waals surface area contributed by atoms with E-state index in [1.807, 2.05) is 20.8 Å². The molecule has 1 aliphatic carbocycles. The first-order valence-corrected chi connectivity index (χ1v) is 11.2. The van der Waals surface area contributed by atoms with Crippen molar-refractivity contribution in [3.8, 4) is 0 Å². The van der Waals surface area contributed by atoms with Crippen molar-refractivity contribution < 1.29 is 23.1 Å². The standard InChI is InChI=1S/C24H32F2N4O3/c1-24(2,3)33-23(32)29-19-10-6-16(7-11-19)20-12-18(26)14-30(22(27)31)21(20)28-13-15-4-8-17(25)9-5-15/h4-5,8-9,12,16,18-19H,6-7,10-11,13-14H2,1-3H3,(H2,27,31)(H,29,32). The van der Waals surface area contributed by atoms with Crippen molar-refractivity contribution in [2.45, 2.75) is 70.8 Å². The highest BCUT2D eigenvalue weighted by molar-refractivity contribution is 6.08. The Labute approximate surface area is 193 Å². The molecule has 7 nitrogen and oxygen atoms in total. The van der Waals surface area contributed by atoms with Gasteiger partial charge in [0.2, 0.25) is 0 Å². The van der Waals surface area contributed by atoms with Crippen LogP contribution < -0.4 is 11.1 Å². The molecular formula is C24H32F2N4O3. The minimum atomic E-state index is -1.34. The number of nitrogens with two attached hydrogens (primary N) is 1. The van der Waals surface area contributed by atoms with E-state index >= 15 is 0 Å². The lowest BCUT2D eigenvalue weighted by molar-refractivity contribution is 0.0489. The van der Waals surface area contributed by atoms with Gasteiger partial charge in [-0.15, -0.1) is 0 Å². The van der Waals surface area contributed by atoms with Crippen LogP contribution in [-0.2, 0) is 11.3 Å². The molecule has 2 aliphatic rings. The van der Waals surface area contributed by atoms with Crippen LogP contribution in [0.5, 0.6) is 0 Å². The largest absolute Gasteiger partial charge is 0.444 e. The van der Waals surface area contributed by atoms with Crippen molar-refractivity contribution in [3.05, 3.63) is 47.3 Å². The molecule has 0 spiro atoms. The third-order valence-electron chi connectivity index (χ3n) is 5.71. The zero-order valence-electron chi connectivity index (χ0n) is 19.3. The Morgan fingerprint density at radius 2 is 1.82 bits per heavy atom. The number of hydrogen-bond acceptors (Lipinski definition) is 4. The second-order valence-corrected chi connectivity index (χ2v) is 9.55. The van der Waals surface area contributed by atoms with Gasteiger partial charge in [0, 0.05) is 6.04 Å². The van der Waals surface area contributed by atoms with E-state index in [-0.39, 0.29) is 30.9 Å². The quantitative estimate of drug-likeness (QED) is 0.691. The minimum Gasteiger partial charge on any atom is -0.444 e.